The number of anilines is 1. The molecule has 2 aliphatic rings. The maximum Gasteiger partial charge on any atom is 0.320 e. The summed E-state index contributed by atoms with van der Waals surface area (Å²) in [7, 11) is 0. The predicted molar refractivity (Wildman–Crippen MR) is 199 cm³/mol. The van der Waals surface area contributed by atoms with Crippen molar-refractivity contribution >= 4 is 29.3 Å². The molecule has 2 aliphatic carbocycles. The van der Waals surface area contributed by atoms with Crippen LogP contribution in [-0.2, 0) is 29.0 Å². The number of carboxylic acid groups (broad SMARTS) is 2. The van der Waals surface area contributed by atoms with Crippen LogP contribution in [0, 0.1) is 19.8 Å². The Morgan fingerprint density at radius 3 is 2.02 bits per heavy atom. The van der Waals surface area contributed by atoms with Gasteiger partial charge in [-0.15, -0.1) is 0 Å². The number of aliphatic carboxylic acids is 2. The van der Waals surface area contributed by atoms with Crippen molar-refractivity contribution in [3.05, 3.63) is 111 Å². The Morgan fingerprint density at radius 1 is 0.769 bits per heavy atom. The minimum atomic E-state index is -0.916. The standard InChI is InChI=1S/C42H46N4O6/c1-23(41(49)50)11-12-30-20-45-38(19-34(30)27-13-14-27)40(48)46-36-10-6-9-33(25(36)3)32-8-5-7-29(24(32)2)17-39(47)37-18-35(28-15-16-28)31(22-44-37)21-43-26(4)42(51)52/h5-10,18-20,22-23,26-28,43H,11-17,21H2,1-4H3,(H,46,48)(H,49,50)(H,51,52)/t23-,26+/m1/s1. The molecule has 0 bridgehead atoms. The van der Waals surface area contributed by atoms with Gasteiger partial charge in [-0.25, -0.2) is 0 Å². The van der Waals surface area contributed by atoms with Gasteiger partial charge >= 0.3 is 11.9 Å². The predicted octanol–water partition coefficient (Wildman–Crippen LogP) is 7.41. The van der Waals surface area contributed by atoms with Crippen molar-refractivity contribution in [1.82, 2.24) is 15.3 Å². The molecular weight excluding hydrogens is 656 g/mol. The Morgan fingerprint density at radius 2 is 1.37 bits per heavy atom. The number of carboxylic acids is 2. The van der Waals surface area contributed by atoms with E-state index in [0.717, 1.165) is 75.8 Å². The third-order valence-electron chi connectivity index (χ3n) is 10.5. The molecule has 2 aromatic carbocycles. The van der Waals surface area contributed by atoms with Crippen molar-refractivity contribution in [2.75, 3.05) is 5.32 Å². The van der Waals surface area contributed by atoms with Crippen LogP contribution in [0.4, 0.5) is 5.69 Å². The van der Waals surface area contributed by atoms with E-state index in [-0.39, 0.29) is 18.1 Å². The number of nitrogens with one attached hydrogen (secondary N) is 2. The van der Waals surface area contributed by atoms with Gasteiger partial charge < -0.3 is 20.8 Å². The van der Waals surface area contributed by atoms with Crippen LogP contribution >= 0.6 is 0 Å². The number of aromatic nitrogens is 2. The van der Waals surface area contributed by atoms with Crippen LogP contribution in [0.25, 0.3) is 11.1 Å². The second-order valence-electron chi connectivity index (χ2n) is 14.4. The fraction of sp³-hybridized carbons (Fsp3) is 0.381. The number of Topliss-reactive ketones (excluding diaryl/α,β-unsaturated/α-hetero) is 1. The topological polar surface area (TPSA) is 159 Å². The zero-order valence-electron chi connectivity index (χ0n) is 30.2. The molecule has 0 aliphatic heterocycles. The molecule has 0 saturated heterocycles. The number of carbonyl (C=O) groups is 4. The minimum Gasteiger partial charge on any atom is -0.481 e. The smallest absolute Gasteiger partial charge is 0.320 e. The molecule has 2 atom stereocenters. The average molecular weight is 703 g/mol. The zero-order chi connectivity index (χ0) is 37.1. The number of benzene rings is 2. The molecule has 2 aromatic heterocycles. The summed E-state index contributed by atoms with van der Waals surface area (Å²) in [5.74, 6) is -1.83. The minimum absolute atomic E-state index is 0.0845. The number of hydrogen-bond acceptors (Lipinski definition) is 7. The molecule has 4 aromatic rings. The quantitative estimate of drug-likeness (QED) is 0.0873. The van der Waals surface area contributed by atoms with Crippen molar-refractivity contribution in [3.63, 3.8) is 0 Å². The number of ketones is 1. The molecule has 270 valence electrons. The lowest BCUT2D eigenvalue weighted by molar-refractivity contribution is -0.141. The van der Waals surface area contributed by atoms with Gasteiger partial charge in [0.15, 0.2) is 5.78 Å². The molecule has 0 spiro atoms. The first-order valence-corrected chi connectivity index (χ1v) is 18.1. The number of nitrogens with zero attached hydrogens (tertiary/aromatic N) is 2. The van der Waals surface area contributed by atoms with E-state index in [1.807, 2.05) is 62.4 Å². The van der Waals surface area contributed by atoms with Crippen molar-refractivity contribution in [1.29, 1.82) is 0 Å². The molecule has 4 N–H and O–H groups in total. The van der Waals surface area contributed by atoms with E-state index in [4.69, 9.17) is 0 Å². The van der Waals surface area contributed by atoms with Crippen LogP contribution in [0.5, 0.6) is 0 Å². The fourth-order valence-electron chi connectivity index (χ4n) is 6.71. The van der Waals surface area contributed by atoms with Crippen LogP contribution in [0.15, 0.2) is 60.9 Å². The molecule has 2 fully saturated rings. The Hall–Kier alpha value is -5.22. The Labute approximate surface area is 304 Å². The molecule has 52 heavy (non-hydrogen) atoms. The number of hydrogen-bond donors (Lipinski definition) is 4. The summed E-state index contributed by atoms with van der Waals surface area (Å²) in [6.45, 7) is 7.66. The molecule has 2 heterocycles. The van der Waals surface area contributed by atoms with Crippen LogP contribution in [-0.4, -0.2) is 49.9 Å². The third kappa shape index (κ3) is 8.45. The lowest BCUT2D eigenvalue weighted by atomic mass is 9.90. The molecule has 10 heteroatoms. The highest BCUT2D eigenvalue weighted by Crippen LogP contribution is 2.43. The van der Waals surface area contributed by atoms with E-state index < -0.39 is 23.9 Å². The lowest BCUT2D eigenvalue weighted by Crippen LogP contribution is -2.33. The molecule has 0 radical (unpaired) electrons. The van der Waals surface area contributed by atoms with Crippen LogP contribution in [0.1, 0.15) is 118 Å². The zero-order valence-corrected chi connectivity index (χ0v) is 30.2. The third-order valence-corrected chi connectivity index (χ3v) is 10.5. The van der Waals surface area contributed by atoms with Crippen molar-refractivity contribution < 1.29 is 29.4 Å². The van der Waals surface area contributed by atoms with Crippen molar-refractivity contribution in [3.8, 4) is 11.1 Å². The largest absolute Gasteiger partial charge is 0.481 e. The highest BCUT2D eigenvalue weighted by Gasteiger charge is 2.29. The Balaban J connectivity index is 1.18. The van der Waals surface area contributed by atoms with Gasteiger partial charge in [0.1, 0.15) is 17.4 Å². The second kappa shape index (κ2) is 15.6. The normalized spacial score (nSPS) is 15.2. The molecule has 0 unspecified atom stereocenters. The summed E-state index contributed by atoms with van der Waals surface area (Å²) in [5, 5.41) is 24.6. The Bertz CT molecular complexity index is 1890. The number of aryl methyl sites for hydroxylation is 1. The van der Waals surface area contributed by atoms with E-state index in [1.54, 1.807) is 26.2 Å². The monoisotopic (exact) mass is 702 g/mol. The van der Waals surface area contributed by atoms with Gasteiger partial charge in [0.05, 0.1) is 5.92 Å². The first-order chi connectivity index (χ1) is 24.9. The van der Waals surface area contributed by atoms with E-state index in [2.05, 4.69) is 20.6 Å². The average Bonchev–Trinajstić information content (AvgIpc) is 4.06. The van der Waals surface area contributed by atoms with Gasteiger partial charge in [-0.2, -0.15) is 0 Å². The maximum atomic E-state index is 13.6. The molecule has 2 saturated carbocycles. The number of amides is 1. The van der Waals surface area contributed by atoms with E-state index in [0.29, 0.717) is 48.3 Å². The molecular formula is C42H46N4O6. The van der Waals surface area contributed by atoms with Crippen molar-refractivity contribution in [2.24, 2.45) is 5.92 Å². The van der Waals surface area contributed by atoms with Gasteiger partial charge in [0.2, 0.25) is 0 Å². The summed E-state index contributed by atoms with van der Waals surface area (Å²) in [4.78, 5) is 58.7. The maximum absolute atomic E-state index is 13.6. The van der Waals surface area contributed by atoms with Gasteiger partial charge in [-0.3, -0.25) is 29.1 Å². The number of pyridine rings is 2. The van der Waals surface area contributed by atoms with E-state index >= 15 is 0 Å². The SMILES string of the molecule is Cc1c(CC(=O)c2cc(C3CC3)c(CN[C@@H](C)C(=O)O)cn2)cccc1-c1cccc(NC(=O)c2cc(C3CC3)c(CC[C@@H](C)C(=O)O)cn2)c1C. The van der Waals surface area contributed by atoms with E-state index in [9.17, 15) is 29.4 Å². The first-order valence-electron chi connectivity index (χ1n) is 18.1. The summed E-state index contributed by atoms with van der Waals surface area (Å²) >= 11 is 0. The summed E-state index contributed by atoms with van der Waals surface area (Å²) in [6.07, 6.45) is 8.92. The Kier molecular flexibility index (Phi) is 11.0. The summed E-state index contributed by atoms with van der Waals surface area (Å²) in [6, 6.07) is 14.8. The van der Waals surface area contributed by atoms with Crippen LogP contribution in [0.3, 0.4) is 0 Å². The lowest BCUT2D eigenvalue weighted by Gasteiger charge is -2.17. The highest BCUT2D eigenvalue weighted by atomic mass is 16.4. The van der Waals surface area contributed by atoms with Gasteiger partial charge in [-0.05, 0) is 139 Å². The first kappa shape index (κ1) is 36.6. The van der Waals surface area contributed by atoms with Crippen LogP contribution < -0.4 is 10.6 Å². The van der Waals surface area contributed by atoms with Gasteiger partial charge in [0.25, 0.3) is 5.91 Å². The summed E-state index contributed by atoms with van der Waals surface area (Å²) in [5.41, 5.74) is 10.1. The number of carbonyl (C=O) groups excluding carboxylic acids is 2. The van der Waals surface area contributed by atoms with Gasteiger partial charge in [0, 0.05) is 31.0 Å². The molecule has 6 rings (SSSR count). The highest BCUT2D eigenvalue weighted by molar-refractivity contribution is 6.04. The molecule has 10 nitrogen and oxygen atoms in total. The molecule has 1 amide bonds. The summed E-state index contributed by atoms with van der Waals surface area (Å²) < 4.78 is 0. The van der Waals surface area contributed by atoms with E-state index in [1.165, 1.54) is 0 Å². The number of rotatable bonds is 16. The van der Waals surface area contributed by atoms with Crippen LogP contribution in [0.2, 0.25) is 0 Å². The second-order valence-corrected chi connectivity index (χ2v) is 14.4. The fourth-order valence-corrected chi connectivity index (χ4v) is 6.71. The van der Waals surface area contributed by atoms with Gasteiger partial charge in [-0.1, -0.05) is 37.3 Å². The van der Waals surface area contributed by atoms with Crippen molar-refractivity contribution in [2.45, 2.75) is 97.1 Å².